The third-order valence-electron chi connectivity index (χ3n) is 6.05. The summed E-state index contributed by atoms with van der Waals surface area (Å²) < 4.78 is 0. The Kier molecular flexibility index (Phi) is 5.36. The first-order valence-electron chi connectivity index (χ1n) is 10.4. The molecule has 1 fully saturated rings. The number of aryl methyl sites for hydroxylation is 1. The highest BCUT2D eigenvalue weighted by Crippen LogP contribution is 2.30. The first kappa shape index (κ1) is 18.9. The molecule has 1 saturated heterocycles. The van der Waals surface area contributed by atoms with Gasteiger partial charge in [-0.15, -0.1) is 0 Å². The van der Waals surface area contributed by atoms with Gasteiger partial charge in [-0.3, -0.25) is 4.79 Å². The summed E-state index contributed by atoms with van der Waals surface area (Å²) in [5, 5.41) is 1.15. The number of hydrogen-bond acceptors (Lipinski definition) is 2. The molecule has 4 rings (SSSR count). The second-order valence-electron chi connectivity index (χ2n) is 8.55. The fourth-order valence-corrected chi connectivity index (χ4v) is 4.41. The highest BCUT2D eigenvalue weighted by molar-refractivity contribution is 6.00. The average Bonchev–Trinajstić information content (AvgIpc) is 3.11. The van der Waals surface area contributed by atoms with Crippen LogP contribution in [-0.4, -0.2) is 34.8 Å². The molecule has 1 aliphatic heterocycles. The van der Waals surface area contributed by atoms with E-state index >= 15 is 0 Å². The predicted octanol–water partition coefficient (Wildman–Crippen LogP) is 5.49. The van der Waals surface area contributed by atoms with Gasteiger partial charge in [-0.2, -0.15) is 0 Å². The van der Waals surface area contributed by atoms with Gasteiger partial charge in [0.15, 0.2) is 5.78 Å². The minimum atomic E-state index is 0.145. The first-order chi connectivity index (χ1) is 13.5. The van der Waals surface area contributed by atoms with Crippen molar-refractivity contribution in [2.75, 3.05) is 13.1 Å². The van der Waals surface area contributed by atoms with E-state index in [1.165, 1.54) is 30.5 Å². The SMILES string of the molecule is Cc1cccc(CC(=O)c2cc3cc(C4CCCN(C(C)C)C4)ccc3[nH]2)c1. The summed E-state index contributed by atoms with van der Waals surface area (Å²) in [5.74, 6) is 0.730. The maximum absolute atomic E-state index is 12.8. The molecular weight excluding hydrogens is 344 g/mol. The van der Waals surface area contributed by atoms with Gasteiger partial charge in [0.1, 0.15) is 0 Å². The van der Waals surface area contributed by atoms with Gasteiger partial charge in [-0.05, 0) is 75.4 Å². The number of carbonyl (C=O) groups is 1. The zero-order valence-corrected chi connectivity index (χ0v) is 17.2. The van der Waals surface area contributed by atoms with Gasteiger partial charge in [-0.1, -0.05) is 35.9 Å². The van der Waals surface area contributed by atoms with Crippen molar-refractivity contribution >= 4 is 16.7 Å². The van der Waals surface area contributed by atoms with Crippen LogP contribution in [0, 0.1) is 6.92 Å². The highest BCUT2D eigenvalue weighted by atomic mass is 16.1. The summed E-state index contributed by atoms with van der Waals surface area (Å²) in [4.78, 5) is 18.7. The van der Waals surface area contributed by atoms with E-state index in [0.717, 1.165) is 23.0 Å². The molecule has 0 bridgehead atoms. The number of ketones is 1. The van der Waals surface area contributed by atoms with Crippen LogP contribution >= 0.6 is 0 Å². The second kappa shape index (κ2) is 7.92. The van der Waals surface area contributed by atoms with Crippen molar-refractivity contribution in [3.63, 3.8) is 0 Å². The summed E-state index contributed by atoms with van der Waals surface area (Å²) in [6.07, 6.45) is 2.94. The van der Waals surface area contributed by atoms with Crippen molar-refractivity contribution in [1.29, 1.82) is 0 Å². The van der Waals surface area contributed by atoms with E-state index in [1.54, 1.807) is 0 Å². The number of aromatic nitrogens is 1. The van der Waals surface area contributed by atoms with Crippen molar-refractivity contribution in [2.45, 2.75) is 52.0 Å². The molecular formula is C25H30N2O. The van der Waals surface area contributed by atoms with Crippen LogP contribution in [0.3, 0.4) is 0 Å². The van der Waals surface area contributed by atoms with Crippen LogP contribution in [0.5, 0.6) is 0 Å². The summed E-state index contributed by atoms with van der Waals surface area (Å²) in [7, 11) is 0. The van der Waals surface area contributed by atoms with E-state index in [0.29, 0.717) is 24.1 Å². The lowest BCUT2D eigenvalue weighted by Crippen LogP contribution is -2.39. The number of aromatic amines is 1. The van der Waals surface area contributed by atoms with Crippen LogP contribution < -0.4 is 0 Å². The van der Waals surface area contributed by atoms with Gasteiger partial charge in [0, 0.05) is 29.9 Å². The number of nitrogens with one attached hydrogen (secondary N) is 1. The zero-order valence-electron chi connectivity index (χ0n) is 17.2. The molecule has 1 N–H and O–H groups in total. The highest BCUT2D eigenvalue weighted by Gasteiger charge is 2.23. The summed E-state index contributed by atoms with van der Waals surface area (Å²) in [6.45, 7) is 8.96. The number of benzene rings is 2. The Labute approximate surface area is 167 Å². The number of nitrogens with zero attached hydrogens (tertiary/aromatic N) is 1. The van der Waals surface area contributed by atoms with Crippen molar-refractivity contribution in [1.82, 2.24) is 9.88 Å². The number of Topliss-reactive ketones (excluding diaryl/α,β-unsaturated/α-hetero) is 1. The molecule has 0 aliphatic carbocycles. The van der Waals surface area contributed by atoms with Crippen LogP contribution in [0.15, 0.2) is 48.5 Å². The quantitative estimate of drug-likeness (QED) is 0.600. The average molecular weight is 375 g/mol. The molecule has 0 amide bonds. The Morgan fingerprint density at radius 2 is 2.04 bits per heavy atom. The zero-order chi connectivity index (χ0) is 19.7. The van der Waals surface area contributed by atoms with Crippen LogP contribution in [0.2, 0.25) is 0 Å². The molecule has 146 valence electrons. The number of hydrogen-bond donors (Lipinski definition) is 1. The molecule has 1 aliphatic rings. The minimum absolute atomic E-state index is 0.145. The summed E-state index contributed by atoms with van der Waals surface area (Å²) in [6, 6.07) is 17.5. The van der Waals surface area contributed by atoms with Crippen LogP contribution in [0.1, 0.15) is 59.8 Å². The molecule has 0 radical (unpaired) electrons. The van der Waals surface area contributed by atoms with E-state index in [4.69, 9.17) is 0 Å². The largest absolute Gasteiger partial charge is 0.352 e. The van der Waals surface area contributed by atoms with Gasteiger partial charge in [-0.25, -0.2) is 0 Å². The topological polar surface area (TPSA) is 36.1 Å². The van der Waals surface area contributed by atoms with Gasteiger partial charge >= 0.3 is 0 Å². The van der Waals surface area contributed by atoms with Crippen molar-refractivity contribution in [3.8, 4) is 0 Å². The van der Waals surface area contributed by atoms with E-state index < -0.39 is 0 Å². The van der Waals surface area contributed by atoms with Gasteiger partial charge < -0.3 is 9.88 Å². The minimum Gasteiger partial charge on any atom is -0.352 e. The van der Waals surface area contributed by atoms with Crippen LogP contribution in [0.4, 0.5) is 0 Å². The molecule has 28 heavy (non-hydrogen) atoms. The Balaban J connectivity index is 1.54. The van der Waals surface area contributed by atoms with Crippen molar-refractivity contribution in [2.24, 2.45) is 0 Å². The molecule has 1 aromatic heterocycles. The van der Waals surface area contributed by atoms with Gasteiger partial charge in [0.25, 0.3) is 0 Å². The summed E-state index contributed by atoms with van der Waals surface area (Å²) >= 11 is 0. The lowest BCUT2D eigenvalue weighted by Gasteiger charge is -2.35. The predicted molar refractivity (Wildman–Crippen MR) is 116 cm³/mol. The number of piperidine rings is 1. The fraction of sp³-hybridized carbons (Fsp3) is 0.400. The van der Waals surface area contributed by atoms with Gasteiger partial charge in [0.05, 0.1) is 5.69 Å². The van der Waals surface area contributed by atoms with Crippen LogP contribution in [0.25, 0.3) is 10.9 Å². The maximum atomic E-state index is 12.8. The Hall–Kier alpha value is -2.39. The lowest BCUT2D eigenvalue weighted by atomic mass is 9.89. The summed E-state index contributed by atoms with van der Waals surface area (Å²) in [5.41, 5.74) is 5.42. The number of likely N-dealkylation sites (tertiary alicyclic amines) is 1. The molecule has 0 spiro atoms. The molecule has 1 unspecified atom stereocenters. The molecule has 0 saturated carbocycles. The molecule has 3 aromatic rings. The number of fused-ring (bicyclic) bond motifs is 1. The number of H-pyrrole nitrogens is 1. The van der Waals surface area contributed by atoms with E-state index in [9.17, 15) is 4.79 Å². The molecule has 1 atom stereocenters. The molecule has 2 aromatic carbocycles. The van der Waals surface area contributed by atoms with Gasteiger partial charge in [0.2, 0.25) is 0 Å². The molecule has 2 heterocycles. The molecule has 3 heteroatoms. The molecule has 3 nitrogen and oxygen atoms in total. The van der Waals surface area contributed by atoms with Crippen molar-refractivity contribution in [3.05, 3.63) is 70.9 Å². The maximum Gasteiger partial charge on any atom is 0.183 e. The number of rotatable bonds is 5. The van der Waals surface area contributed by atoms with E-state index in [1.807, 2.05) is 18.2 Å². The smallest absolute Gasteiger partial charge is 0.183 e. The second-order valence-corrected chi connectivity index (χ2v) is 8.55. The lowest BCUT2D eigenvalue weighted by molar-refractivity contribution is 0.0989. The third kappa shape index (κ3) is 4.05. The first-order valence-corrected chi connectivity index (χ1v) is 10.4. The Morgan fingerprint density at radius 3 is 2.82 bits per heavy atom. The standard InChI is InChI=1S/C25H30N2O/c1-17(2)27-11-5-8-21(16-27)20-9-10-23-22(14-20)15-24(26-23)25(28)13-19-7-4-6-18(3)12-19/h4,6-7,9-10,12,14-15,17,21,26H,5,8,11,13,16H2,1-3H3. The van der Waals surface area contributed by atoms with E-state index in [2.05, 4.69) is 61.0 Å². The fourth-order valence-electron chi connectivity index (χ4n) is 4.41. The Bertz CT molecular complexity index is 985. The van der Waals surface area contributed by atoms with Crippen LogP contribution in [-0.2, 0) is 6.42 Å². The Morgan fingerprint density at radius 1 is 1.18 bits per heavy atom. The monoisotopic (exact) mass is 374 g/mol. The van der Waals surface area contributed by atoms with E-state index in [-0.39, 0.29) is 5.78 Å². The van der Waals surface area contributed by atoms with Crippen molar-refractivity contribution < 1.29 is 4.79 Å². The normalized spacial score (nSPS) is 18.1. The third-order valence-corrected chi connectivity index (χ3v) is 6.05. The number of carbonyl (C=O) groups excluding carboxylic acids is 1.